The predicted octanol–water partition coefficient (Wildman–Crippen LogP) is 18.5. The van der Waals surface area contributed by atoms with Crippen LogP contribution in [0.15, 0.2) is 146 Å². The molecule has 4 aliphatic rings. The minimum Gasteiger partial charge on any atom is -0.0579 e. The number of hydrogen-bond donors (Lipinski definition) is 0. The maximum absolute atomic E-state index is 2.49. The van der Waals surface area contributed by atoms with E-state index in [1.54, 1.807) is 0 Å². The quantitative estimate of drug-likeness (QED) is 0.166. The Kier molecular flexibility index (Phi) is 8.69. The van der Waals surface area contributed by atoms with Gasteiger partial charge < -0.3 is 0 Å². The van der Waals surface area contributed by atoms with E-state index in [2.05, 4.69) is 243 Å². The van der Waals surface area contributed by atoms with Gasteiger partial charge in [-0.05, 0) is 181 Å². The fourth-order valence-corrected chi connectivity index (χ4v) is 13.0. The second kappa shape index (κ2) is 13.7. The Balaban J connectivity index is 0.836. The Morgan fingerprint density at radius 1 is 0.221 bits per heavy atom. The van der Waals surface area contributed by atoms with E-state index in [9.17, 15) is 0 Å². The third-order valence-corrected chi connectivity index (χ3v) is 17.4. The van der Waals surface area contributed by atoms with Gasteiger partial charge in [0.25, 0.3) is 0 Å². The van der Waals surface area contributed by atoms with Crippen molar-refractivity contribution < 1.29 is 0 Å². The van der Waals surface area contributed by atoms with E-state index in [0.717, 1.165) is 0 Å². The lowest BCUT2D eigenvalue weighted by molar-refractivity contribution is 0.584. The summed E-state index contributed by atoms with van der Waals surface area (Å²) in [6.45, 7) is 33.2. The molecule has 8 aromatic rings. The Bertz CT molecular complexity index is 3270. The number of fused-ring (bicyclic) bond motifs is 12. The summed E-state index contributed by atoms with van der Waals surface area (Å²) in [7, 11) is 0. The zero-order valence-electron chi connectivity index (χ0n) is 42.9. The van der Waals surface area contributed by atoms with Gasteiger partial charge >= 0.3 is 0 Å². The van der Waals surface area contributed by atoms with Gasteiger partial charge in [0.15, 0.2) is 0 Å². The molecular weight excluding hydrogens is 817 g/mol. The van der Waals surface area contributed by atoms with Crippen LogP contribution < -0.4 is 0 Å². The topological polar surface area (TPSA) is 0 Å². The molecule has 338 valence electrons. The van der Waals surface area contributed by atoms with Crippen LogP contribution in [0.3, 0.4) is 0 Å². The first-order valence-corrected chi connectivity index (χ1v) is 25.2. The van der Waals surface area contributed by atoms with Gasteiger partial charge in [-0.3, -0.25) is 0 Å². The van der Waals surface area contributed by atoms with Gasteiger partial charge in [0.2, 0.25) is 0 Å². The standard InChI is InChI=1S/C68H66/c1-63(2,3)45-21-29-53-51-27-19-43(35-59(51)67(11,12)61(53)37-45)41-17-25-49-47-23-15-39(31-55(47)65(7,8)57(49)33-41)40-16-24-48-50-26-18-42(34-58(50)66(9,10)56(48)32-40)44-20-28-52-54-30-22-46(64(4,5)6)38-62(54)68(13,14)60(52)36-44/h15-38H,1-14H3. The van der Waals surface area contributed by atoms with Crippen LogP contribution >= 0.6 is 0 Å². The first-order chi connectivity index (χ1) is 32.0. The molecule has 68 heavy (non-hydrogen) atoms. The molecule has 0 heteroatoms. The largest absolute Gasteiger partial charge is 0.0579 e. The SMILES string of the molecule is CC(C)(C)c1ccc2c(c1)C(C)(C)c1cc(-c3ccc4c(c3)C(C)(C)c3cc(-c5ccc6c(c5)C(C)(C)c5cc(-c7ccc8c(c7)C(C)(C)c7cc(C(C)(C)C)ccc7-8)ccc5-6)ccc3-4)ccc1-2. The minimum atomic E-state index is -0.139. The molecule has 0 N–H and O–H groups in total. The molecular formula is C68H66. The molecule has 0 atom stereocenters. The summed E-state index contributed by atoms with van der Waals surface area (Å²) in [5.74, 6) is 0. The van der Waals surface area contributed by atoms with Crippen LogP contribution in [0.25, 0.3) is 77.9 Å². The van der Waals surface area contributed by atoms with Crippen molar-refractivity contribution in [2.75, 3.05) is 0 Å². The van der Waals surface area contributed by atoms with Gasteiger partial charge in [-0.2, -0.15) is 0 Å². The molecule has 0 amide bonds. The van der Waals surface area contributed by atoms with Gasteiger partial charge in [0.1, 0.15) is 0 Å². The van der Waals surface area contributed by atoms with Crippen molar-refractivity contribution >= 4 is 0 Å². The molecule has 0 saturated carbocycles. The molecule has 0 aliphatic heterocycles. The normalized spacial score (nSPS) is 16.9. The maximum atomic E-state index is 2.49. The molecule has 0 unspecified atom stereocenters. The lowest BCUT2D eigenvalue weighted by Gasteiger charge is -2.25. The summed E-state index contributed by atoms with van der Waals surface area (Å²) in [5.41, 5.74) is 32.7. The van der Waals surface area contributed by atoms with E-state index in [4.69, 9.17) is 0 Å². The smallest absolute Gasteiger partial charge is 0.0159 e. The summed E-state index contributed by atoms with van der Waals surface area (Å²) in [6, 6.07) is 57.6. The van der Waals surface area contributed by atoms with E-state index in [1.165, 1.54) is 134 Å². The van der Waals surface area contributed by atoms with Crippen molar-refractivity contribution in [2.24, 2.45) is 0 Å². The maximum Gasteiger partial charge on any atom is 0.0159 e. The van der Waals surface area contributed by atoms with E-state index in [1.807, 2.05) is 0 Å². The molecule has 0 spiro atoms. The molecule has 0 saturated heterocycles. The highest BCUT2D eigenvalue weighted by Crippen LogP contribution is 2.56. The van der Waals surface area contributed by atoms with Crippen molar-refractivity contribution in [2.45, 2.75) is 129 Å². The molecule has 0 nitrogen and oxygen atoms in total. The van der Waals surface area contributed by atoms with Crippen LogP contribution in [-0.2, 0) is 32.5 Å². The molecule has 0 heterocycles. The average Bonchev–Trinajstić information content (AvgIpc) is 3.86. The van der Waals surface area contributed by atoms with Crippen LogP contribution in [0.5, 0.6) is 0 Å². The van der Waals surface area contributed by atoms with Crippen LogP contribution in [0.2, 0.25) is 0 Å². The average molecular weight is 883 g/mol. The molecule has 8 aromatic carbocycles. The molecule has 0 radical (unpaired) electrons. The van der Waals surface area contributed by atoms with E-state index in [0.29, 0.717) is 0 Å². The van der Waals surface area contributed by atoms with Gasteiger partial charge in [-0.15, -0.1) is 0 Å². The first kappa shape index (κ1) is 43.1. The van der Waals surface area contributed by atoms with Crippen LogP contribution in [0.4, 0.5) is 0 Å². The van der Waals surface area contributed by atoms with Gasteiger partial charge in [-0.1, -0.05) is 206 Å². The van der Waals surface area contributed by atoms with E-state index < -0.39 is 0 Å². The fraction of sp³-hybridized carbons (Fsp3) is 0.294. The van der Waals surface area contributed by atoms with Crippen molar-refractivity contribution in [3.8, 4) is 77.9 Å². The Morgan fingerprint density at radius 3 is 0.559 bits per heavy atom. The minimum absolute atomic E-state index is 0.0609. The predicted molar refractivity (Wildman–Crippen MR) is 290 cm³/mol. The zero-order chi connectivity index (χ0) is 47.8. The second-order valence-corrected chi connectivity index (χ2v) is 25.1. The summed E-state index contributed by atoms with van der Waals surface area (Å²) in [6.07, 6.45) is 0. The van der Waals surface area contributed by atoms with Crippen molar-refractivity contribution in [3.05, 3.63) is 201 Å². The zero-order valence-corrected chi connectivity index (χ0v) is 42.9. The first-order valence-electron chi connectivity index (χ1n) is 25.2. The molecule has 0 aromatic heterocycles. The lowest BCUT2D eigenvalue weighted by atomic mass is 9.78. The van der Waals surface area contributed by atoms with E-state index >= 15 is 0 Å². The van der Waals surface area contributed by atoms with Gasteiger partial charge in [0, 0.05) is 21.7 Å². The van der Waals surface area contributed by atoms with E-state index in [-0.39, 0.29) is 32.5 Å². The number of hydrogen-bond acceptors (Lipinski definition) is 0. The Morgan fingerprint density at radius 2 is 0.382 bits per heavy atom. The highest BCUT2D eigenvalue weighted by Gasteiger charge is 2.41. The summed E-state index contributed by atoms with van der Waals surface area (Å²) in [4.78, 5) is 0. The fourth-order valence-electron chi connectivity index (χ4n) is 13.0. The van der Waals surface area contributed by atoms with Crippen LogP contribution in [0, 0.1) is 0 Å². The van der Waals surface area contributed by atoms with Crippen molar-refractivity contribution in [1.29, 1.82) is 0 Å². The highest BCUT2D eigenvalue weighted by atomic mass is 14.4. The summed E-state index contributed by atoms with van der Waals surface area (Å²) in [5, 5.41) is 0. The Labute approximate surface area is 406 Å². The number of rotatable bonds is 3. The van der Waals surface area contributed by atoms with Crippen molar-refractivity contribution in [3.63, 3.8) is 0 Å². The molecule has 4 aliphatic carbocycles. The van der Waals surface area contributed by atoms with Gasteiger partial charge in [0.05, 0.1) is 0 Å². The summed E-state index contributed by atoms with van der Waals surface area (Å²) >= 11 is 0. The highest BCUT2D eigenvalue weighted by molar-refractivity contribution is 5.91. The monoisotopic (exact) mass is 883 g/mol. The van der Waals surface area contributed by atoms with Gasteiger partial charge in [-0.25, -0.2) is 0 Å². The summed E-state index contributed by atoms with van der Waals surface area (Å²) < 4.78 is 0. The van der Waals surface area contributed by atoms with Crippen LogP contribution in [-0.4, -0.2) is 0 Å². The molecule has 0 bridgehead atoms. The second-order valence-electron chi connectivity index (χ2n) is 25.1. The third-order valence-electron chi connectivity index (χ3n) is 17.4. The third kappa shape index (κ3) is 5.98. The molecule has 12 rings (SSSR count). The molecule has 0 fully saturated rings. The van der Waals surface area contributed by atoms with Crippen LogP contribution in [0.1, 0.15) is 153 Å². The number of benzene rings is 8. The lowest BCUT2D eigenvalue weighted by Crippen LogP contribution is -2.17. The van der Waals surface area contributed by atoms with Crippen molar-refractivity contribution in [1.82, 2.24) is 0 Å². The Hall–Kier alpha value is -6.24.